The second-order valence-corrected chi connectivity index (χ2v) is 7.19. The van der Waals surface area contributed by atoms with Gasteiger partial charge < -0.3 is 5.73 Å². The topological polar surface area (TPSA) is 121 Å². The molecule has 0 spiro atoms. The first kappa shape index (κ1) is 18.1. The average molecular weight is 390 g/mol. The summed E-state index contributed by atoms with van der Waals surface area (Å²) in [6.45, 7) is 2.29. The van der Waals surface area contributed by atoms with Crippen LogP contribution in [-0.2, 0) is 12.3 Å². The van der Waals surface area contributed by atoms with Crippen LogP contribution in [0.15, 0.2) is 39.6 Å². The van der Waals surface area contributed by atoms with E-state index in [4.69, 9.17) is 5.73 Å². The van der Waals surface area contributed by atoms with Gasteiger partial charge in [-0.3, -0.25) is 24.3 Å². The lowest BCUT2D eigenvalue weighted by Crippen LogP contribution is -2.21. The number of fused-ring (bicyclic) bond motifs is 1. The van der Waals surface area contributed by atoms with Crippen LogP contribution in [0.5, 0.6) is 0 Å². The van der Waals surface area contributed by atoms with Crippen LogP contribution >= 0.6 is 23.1 Å². The second kappa shape index (κ2) is 7.26. The second-order valence-electron chi connectivity index (χ2n) is 5.33. The molecule has 0 saturated heterocycles. The first-order valence-electron chi connectivity index (χ1n) is 7.60. The molecule has 0 saturated carbocycles. The Morgan fingerprint density at radius 3 is 2.85 bits per heavy atom. The highest BCUT2D eigenvalue weighted by molar-refractivity contribution is 7.98. The van der Waals surface area contributed by atoms with E-state index in [9.17, 15) is 19.7 Å². The Morgan fingerprint density at radius 1 is 1.42 bits per heavy atom. The summed E-state index contributed by atoms with van der Waals surface area (Å²) in [6.07, 6.45) is 0. The van der Waals surface area contributed by atoms with E-state index in [0.29, 0.717) is 27.5 Å². The number of primary amides is 1. The molecule has 26 heavy (non-hydrogen) atoms. The number of nitro benzene ring substituents is 1. The average Bonchev–Trinajstić information content (AvgIpc) is 3.08. The van der Waals surface area contributed by atoms with Crippen LogP contribution in [0.1, 0.15) is 22.8 Å². The summed E-state index contributed by atoms with van der Waals surface area (Å²) in [4.78, 5) is 39.0. The maximum absolute atomic E-state index is 12.5. The van der Waals surface area contributed by atoms with Gasteiger partial charge in [0.1, 0.15) is 4.70 Å². The number of amides is 1. The van der Waals surface area contributed by atoms with Gasteiger partial charge in [0.2, 0.25) is 5.91 Å². The fraction of sp³-hybridized carbons (Fsp3) is 0.188. The van der Waals surface area contributed by atoms with Crippen LogP contribution < -0.4 is 11.3 Å². The van der Waals surface area contributed by atoms with Gasteiger partial charge in [-0.25, -0.2) is 4.98 Å². The van der Waals surface area contributed by atoms with E-state index in [1.165, 1.54) is 41.3 Å². The summed E-state index contributed by atoms with van der Waals surface area (Å²) < 4.78 is 2.14. The molecule has 3 aromatic rings. The smallest absolute Gasteiger partial charge is 0.274 e. The zero-order chi connectivity index (χ0) is 18.8. The number of hydrogen-bond acceptors (Lipinski definition) is 7. The molecule has 1 aromatic carbocycles. The summed E-state index contributed by atoms with van der Waals surface area (Å²) in [6, 6.07) is 5.90. The number of nitrogens with two attached hydrogens (primary N) is 1. The number of carbonyl (C=O) groups excluding carboxylic acids is 1. The van der Waals surface area contributed by atoms with E-state index in [1.807, 2.05) is 6.92 Å². The first-order chi connectivity index (χ1) is 12.4. The predicted molar refractivity (Wildman–Crippen MR) is 101 cm³/mol. The monoisotopic (exact) mass is 390 g/mol. The van der Waals surface area contributed by atoms with Crippen molar-refractivity contribution in [2.45, 2.75) is 24.4 Å². The molecule has 0 atom stereocenters. The van der Waals surface area contributed by atoms with Crippen LogP contribution in [0.25, 0.3) is 10.2 Å². The lowest BCUT2D eigenvalue weighted by molar-refractivity contribution is -0.385. The van der Waals surface area contributed by atoms with E-state index < -0.39 is 10.8 Å². The third kappa shape index (κ3) is 3.33. The maximum atomic E-state index is 12.5. The summed E-state index contributed by atoms with van der Waals surface area (Å²) in [7, 11) is 0. The van der Waals surface area contributed by atoms with Crippen molar-refractivity contribution >= 4 is 44.9 Å². The Balaban J connectivity index is 1.96. The number of rotatable bonds is 6. The fourth-order valence-corrected chi connectivity index (χ4v) is 4.30. The van der Waals surface area contributed by atoms with Crippen molar-refractivity contribution in [3.8, 4) is 0 Å². The van der Waals surface area contributed by atoms with Crippen molar-refractivity contribution < 1.29 is 9.72 Å². The molecule has 134 valence electrons. The van der Waals surface area contributed by atoms with Crippen LogP contribution in [0.2, 0.25) is 0 Å². The molecule has 0 aliphatic rings. The molecule has 0 aliphatic carbocycles. The molecule has 0 unspecified atom stereocenters. The van der Waals surface area contributed by atoms with E-state index in [1.54, 1.807) is 16.0 Å². The molecule has 0 bridgehead atoms. The highest BCUT2D eigenvalue weighted by Crippen LogP contribution is 2.29. The number of benzene rings is 1. The molecule has 0 fully saturated rings. The Kier molecular flexibility index (Phi) is 5.05. The SMILES string of the molecule is CCn1c(SCc2ccc(C(N)=O)cc2[N+](=O)[O-])nc2ccsc2c1=O. The van der Waals surface area contributed by atoms with Crippen molar-refractivity contribution in [1.82, 2.24) is 9.55 Å². The quantitative estimate of drug-likeness (QED) is 0.299. The number of hydrogen-bond donors (Lipinski definition) is 1. The predicted octanol–water partition coefficient (Wildman–Crippen LogP) is 2.78. The lowest BCUT2D eigenvalue weighted by Gasteiger charge is -2.10. The van der Waals surface area contributed by atoms with E-state index in [2.05, 4.69) is 4.98 Å². The largest absolute Gasteiger partial charge is 0.366 e. The van der Waals surface area contributed by atoms with Crippen molar-refractivity contribution in [2.24, 2.45) is 5.73 Å². The van der Waals surface area contributed by atoms with Crippen LogP contribution in [0, 0.1) is 10.1 Å². The van der Waals surface area contributed by atoms with Crippen LogP contribution in [0.4, 0.5) is 5.69 Å². The summed E-state index contributed by atoms with van der Waals surface area (Å²) in [5, 5.41) is 13.6. The van der Waals surface area contributed by atoms with Crippen LogP contribution in [0.3, 0.4) is 0 Å². The molecular formula is C16H14N4O4S2. The minimum absolute atomic E-state index is 0.0775. The Bertz CT molecular complexity index is 1070. The lowest BCUT2D eigenvalue weighted by atomic mass is 10.1. The third-order valence-corrected chi connectivity index (χ3v) is 5.69. The number of thiophene rings is 1. The van der Waals surface area contributed by atoms with Gasteiger partial charge in [-0.2, -0.15) is 0 Å². The summed E-state index contributed by atoms with van der Waals surface area (Å²) in [5.41, 5.74) is 6.00. The normalized spacial score (nSPS) is 11.0. The fourth-order valence-electron chi connectivity index (χ4n) is 2.46. The van der Waals surface area contributed by atoms with Crippen molar-refractivity contribution in [1.29, 1.82) is 0 Å². The molecule has 0 aliphatic heterocycles. The zero-order valence-corrected chi connectivity index (χ0v) is 15.3. The molecule has 0 radical (unpaired) electrons. The van der Waals surface area contributed by atoms with Crippen molar-refractivity contribution in [3.05, 3.63) is 61.2 Å². The summed E-state index contributed by atoms with van der Waals surface area (Å²) in [5.74, 6) is -0.492. The highest BCUT2D eigenvalue weighted by atomic mass is 32.2. The van der Waals surface area contributed by atoms with E-state index in [0.717, 1.165) is 0 Å². The molecule has 2 heterocycles. The van der Waals surface area contributed by atoms with Gasteiger partial charge in [-0.05, 0) is 24.4 Å². The summed E-state index contributed by atoms with van der Waals surface area (Å²) >= 11 is 2.58. The standard InChI is InChI=1S/C16H14N4O4S2/c1-2-19-15(22)13-11(5-6-25-13)18-16(19)26-8-10-4-3-9(14(17)21)7-12(10)20(23)24/h3-7H,2,8H2,1H3,(H2,17,21). The van der Waals surface area contributed by atoms with Crippen LogP contribution in [-0.4, -0.2) is 20.4 Å². The van der Waals surface area contributed by atoms with Crippen molar-refractivity contribution in [3.63, 3.8) is 0 Å². The number of aromatic nitrogens is 2. The van der Waals surface area contributed by atoms with Gasteiger partial charge in [-0.15, -0.1) is 11.3 Å². The maximum Gasteiger partial charge on any atom is 0.274 e. The first-order valence-corrected chi connectivity index (χ1v) is 9.46. The molecule has 8 nitrogen and oxygen atoms in total. The minimum Gasteiger partial charge on any atom is -0.366 e. The van der Waals surface area contributed by atoms with E-state index in [-0.39, 0.29) is 22.6 Å². The zero-order valence-electron chi connectivity index (χ0n) is 13.7. The van der Waals surface area contributed by atoms with Gasteiger partial charge in [0.25, 0.3) is 11.2 Å². The van der Waals surface area contributed by atoms with Gasteiger partial charge in [0, 0.05) is 29.5 Å². The number of nitrogens with zero attached hydrogens (tertiary/aromatic N) is 3. The van der Waals surface area contributed by atoms with Crippen molar-refractivity contribution in [2.75, 3.05) is 0 Å². The van der Waals surface area contributed by atoms with Gasteiger partial charge in [-0.1, -0.05) is 17.8 Å². The number of nitro groups is 1. The van der Waals surface area contributed by atoms with Gasteiger partial charge in [0.15, 0.2) is 5.16 Å². The molecule has 2 N–H and O–H groups in total. The molecular weight excluding hydrogens is 376 g/mol. The third-order valence-electron chi connectivity index (χ3n) is 3.77. The highest BCUT2D eigenvalue weighted by Gasteiger charge is 2.18. The van der Waals surface area contributed by atoms with Gasteiger partial charge >= 0.3 is 0 Å². The molecule has 10 heteroatoms. The Labute approximate surface area is 155 Å². The van der Waals surface area contributed by atoms with Gasteiger partial charge in [0.05, 0.1) is 10.4 Å². The minimum atomic E-state index is -0.725. The number of thioether (sulfide) groups is 1. The molecule has 3 rings (SSSR count). The molecule has 1 amide bonds. The molecule has 2 aromatic heterocycles. The Hall–Kier alpha value is -2.72. The Morgan fingerprint density at radius 2 is 2.19 bits per heavy atom. The number of carbonyl (C=O) groups is 1. The van der Waals surface area contributed by atoms with E-state index >= 15 is 0 Å².